The number of hydrogen-bond donors (Lipinski definition) is 2. The zero-order valence-electron chi connectivity index (χ0n) is 13.6. The second kappa shape index (κ2) is 5.22. The van der Waals surface area contributed by atoms with Crippen molar-refractivity contribution in [3.8, 4) is 0 Å². The Kier molecular flexibility index (Phi) is 3.62. The largest absolute Gasteiger partial charge is 0.376 e. The molecule has 2 nitrogen and oxygen atoms in total. The number of aliphatic hydroxyl groups is 1. The average molecular weight is 295 g/mol. The Hall–Kier alpha value is -1.64. The highest BCUT2D eigenvalue weighted by Crippen LogP contribution is 2.53. The Morgan fingerprint density at radius 2 is 1.23 bits per heavy atom. The number of nitrogens with one attached hydrogen (secondary N) is 1. The van der Waals surface area contributed by atoms with Crippen molar-refractivity contribution < 1.29 is 5.11 Å². The molecule has 1 fully saturated rings. The maximum absolute atomic E-state index is 10.9. The fraction of sp³-hybridized carbons (Fsp3) is 0.400. The second-order valence-electron chi connectivity index (χ2n) is 7.57. The van der Waals surface area contributed by atoms with Crippen LogP contribution in [-0.4, -0.2) is 16.4 Å². The number of hydrogen-bond acceptors (Lipinski definition) is 2. The first-order chi connectivity index (χ1) is 10.3. The standard InChI is InChI=1S/C20H25NO/c1-18(2,3)21-20(22)14-19(15-20,16-10-6-4-7-11-16)17-12-8-5-9-13-17/h4-13,21-22H,14-15H2,1-3H3. The summed E-state index contributed by atoms with van der Waals surface area (Å²) in [6.07, 6.45) is 1.40. The third-order valence-electron chi connectivity index (χ3n) is 4.45. The minimum atomic E-state index is -0.802. The molecule has 116 valence electrons. The molecule has 0 bridgehead atoms. The Morgan fingerprint density at radius 3 is 1.59 bits per heavy atom. The van der Waals surface area contributed by atoms with Gasteiger partial charge in [-0.3, -0.25) is 5.32 Å². The van der Waals surface area contributed by atoms with Crippen LogP contribution in [0.4, 0.5) is 0 Å². The van der Waals surface area contributed by atoms with E-state index in [2.05, 4.69) is 74.6 Å². The summed E-state index contributed by atoms with van der Waals surface area (Å²) in [6.45, 7) is 6.28. The lowest BCUT2D eigenvalue weighted by molar-refractivity contribution is -0.118. The monoisotopic (exact) mass is 295 g/mol. The summed E-state index contributed by atoms with van der Waals surface area (Å²) in [7, 11) is 0. The van der Waals surface area contributed by atoms with E-state index in [4.69, 9.17) is 0 Å². The van der Waals surface area contributed by atoms with Crippen LogP contribution in [0.2, 0.25) is 0 Å². The van der Waals surface area contributed by atoms with E-state index < -0.39 is 5.72 Å². The zero-order valence-corrected chi connectivity index (χ0v) is 13.6. The van der Waals surface area contributed by atoms with Crippen LogP contribution in [0.3, 0.4) is 0 Å². The molecule has 0 amide bonds. The molecule has 0 radical (unpaired) electrons. The minimum Gasteiger partial charge on any atom is -0.376 e. The molecule has 2 N–H and O–H groups in total. The van der Waals surface area contributed by atoms with Gasteiger partial charge in [0.1, 0.15) is 5.72 Å². The van der Waals surface area contributed by atoms with Crippen LogP contribution < -0.4 is 5.32 Å². The molecule has 0 atom stereocenters. The van der Waals surface area contributed by atoms with Crippen LogP contribution in [0.1, 0.15) is 44.7 Å². The summed E-state index contributed by atoms with van der Waals surface area (Å²) in [5, 5.41) is 14.3. The SMILES string of the molecule is CC(C)(C)NC1(O)CC(c2ccccc2)(c2ccccc2)C1. The van der Waals surface area contributed by atoms with Crippen LogP contribution >= 0.6 is 0 Å². The first kappa shape index (κ1) is 15.3. The van der Waals surface area contributed by atoms with Crippen LogP contribution in [0.5, 0.6) is 0 Å². The van der Waals surface area contributed by atoms with E-state index in [1.54, 1.807) is 0 Å². The molecule has 0 spiro atoms. The molecule has 3 rings (SSSR count). The van der Waals surface area contributed by atoms with Crippen molar-refractivity contribution in [3.05, 3.63) is 71.8 Å². The molecular weight excluding hydrogens is 270 g/mol. The quantitative estimate of drug-likeness (QED) is 0.843. The van der Waals surface area contributed by atoms with Crippen LogP contribution in [0.15, 0.2) is 60.7 Å². The Labute approximate surface area is 133 Å². The minimum absolute atomic E-state index is 0.102. The summed E-state index contributed by atoms with van der Waals surface area (Å²) in [4.78, 5) is 0. The van der Waals surface area contributed by atoms with Crippen molar-refractivity contribution in [2.24, 2.45) is 0 Å². The van der Waals surface area contributed by atoms with Crippen molar-refractivity contribution in [2.75, 3.05) is 0 Å². The molecule has 0 aliphatic heterocycles. The molecule has 0 heterocycles. The predicted octanol–water partition coefficient (Wildman–Crippen LogP) is 3.84. The smallest absolute Gasteiger partial charge is 0.118 e. The zero-order chi connectivity index (χ0) is 15.8. The molecular formula is C20H25NO. The highest BCUT2D eigenvalue weighted by Gasteiger charge is 2.56. The maximum Gasteiger partial charge on any atom is 0.118 e. The molecule has 2 aromatic rings. The molecule has 2 heteroatoms. The van der Waals surface area contributed by atoms with Gasteiger partial charge in [0.15, 0.2) is 0 Å². The van der Waals surface area contributed by atoms with E-state index in [0.717, 1.165) is 0 Å². The van der Waals surface area contributed by atoms with Crippen molar-refractivity contribution >= 4 is 0 Å². The van der Waals surface area contributed by atoms with Crippen LogP contribution in [0, 0.1) is 0 Å². The van der Waals surface area contributed by atoms with E-state index in [-0.39, 0.29) is 11.0 Å². The topological polar surface area (TPSA) is 32.3 Å². The number of rotatable bonds is 3. The Bertz CT molecular complexity index is 580. The third-order valence-corrected chi connectivity index (χ3v) is 4.45. The van der Waals surface area contributed by atoms with E-state index in [9.17, 15) is 5.11 Å². The van der Waals surface area contributed by atoms with Gasteiger partial charge in [-0.1, -0.05) is 60.7 Å². The molecule has 22 heavy (non-hydrogen) atoms. The first-order valence-electron chi connectivity index (χ1n) is 7.96. The fourth-order valence-corrected chi connectivity index (χ4v) is 3.82. The van der Waals surface area contributed by atoms with Gasteiger partial charge in [0.25, 0.3) is 0 Å². The van der Waals surface area contributed by atoms with E-state index in [1.165, 1.54) is 11.1 Å². The van der Waals surface area contributed by atoms with Gasteiger partial charge in [-0.15, -0.1) is 0 Å². The van der Waals surface area contributed by atoms with Crippen molar-refractivity contribution in [1.82, 2.24) is 5.32 Å². The molecule has 1 saturated carbocycles. The van der Waals surface area contributed by atoms with Gasteiger partial charge in [0.2, 0.25) is 0 Å². The van der Waals surface area contributed by atoms with Crippen LogP contribution in [0.25, 0.3) is 0 Å². The Balaban J connectivity index is 1.96. The highest BCUT2D eigenvalue weighted by molar-refractivity contribution is 5.44. The molecule has 0 unspecified atom stereocenters. The summed E-state index contributed by atoms with van der Waals surface area (Å²) in [5.74, 6) is 0. The molecule has 1 aliphatic rings. The van der Waals surface area contributed by atoms with Gasteiger partial charge >= 0.3 is 0 Å². The molecule has 2 aromatic carbocycles. The lowest BCUT2D eigenvalue weighted by Crippen LogP contribution is -2.66. The van der Waals surface area contributed by atoms with E-state index >= 15 is 0 Å². The van der Waals surface area contributed by atoms with E-state index in [0.29, 0.717) is 12.8 Å². The first-order valence-corrected chi connectivity index (χ1v) is 7.96. The van der Waals surface area contributed by atoms with Crippen molar-refractivity contribution in [2.45, 2.75) is 50.3 Å². The van der Waals surface area contributed by atoms with Gasteiger partial charge in [-0.05, 0) is 31.9 Å². The average Bonchev–Trinajstić information content (AvgIpc) is 2.44. The predicted molar refractivity (Wildman–Crippen MR) is 90.7 cm³/mol. The normalized spacial score (nSPS) is 19.5. The summed E-state index contributed by atoms with van der Waals surface area (Å²) in [5.41, 5.74) is 1.55. The highest BCUT2D eigenvalue weighted by atomic mass is 16.3. The van der Waals surface area contributed by atoms with Gasteiger partial charge < -0.3 is 5.11 Å². The van der Waals surface area contributed by atoms with Gasteiger partial charge in [0.05, 0.1) is 0 Å². The summed E-state index contributed by atoms with van der Waals surface area (Å²) >= 11 is 0. The lowest BCUT2D eigenvalue weighted by Gasteiger charge is -2.56. The molecule has 1 aliphatic carbocycles. The van der Waals surface area contributed by atoms with Crippen LogP contribution in [-0.2, 0) is 5.41 Å². The maximum atomic E-state index is 10.9. The van der Waals surface area contributed by atoms with Gasteiger partial charge in [-0.25, -0.2) is 0 Å². The van der Waals surface area contributed by atoms with E-state index in [1.807, 2.05) is 12.1 Å². The third kappa shape index (κ3) is 2.81. The molecule has 0 aromatic heterocycles. The summed E-state index contributed by atoms with van der Waals surface area (Å²) < 4.78 is 0. The van der Waals surface area contributed by atoms with Gasteiger partial charge in [0, 0.05) is 23.8 Å². The lowest BCUT2D eigenvalue weighted by atomic mass is 9.56. The number of benzene rings is 2. The van der Waals surface area contributed by atoms with Crippen molar-refractivity contribution in [1.29, 1.82) is 0 Å². The fourth-order valence-electron chi connectivity index (χ4n) is 3.82. The summed E-state index contributed by atoms with van der Waals surface area (Å²) in [6, 6.07) is 21.1. The molecule has 0 saturated heterocycles. The second-order valence-corrected chi connectivity index (χ2v) is 7.57. The van der Waals surface area contributed by atoms with Gasteiger partial charge in [-0.2, -0.15) is 0 Å². The van der Waals surface area contributed by atoms with Crippen molar-refractivity contribution in [3.63, 3.8) is 0 Å². The Morgan fingerprint density at radius 1 is 0.818 bits per heavy atom.